The molecule has 1 aliphatic carbocycles. The van der Waals surface area contributed by atoms with Crippen molar-refractivity contribution in [1.82, 2.24) is 9.97 Å². The number of aromatic nitrogens is 2. The average Bonchev–Trinajstić information content (AvgIpc) is 2.72. The van der Waals surface area contributed by atoms with Crippen LogP contribution in [-0.2, 0) is 0 Å². The summed E-state index contributed by atoms with van der Waals surface area (Å²) in [4.78, 5) is 9.51. The van der Waals surface area contributed by atoms with Crippen molar-refractivity contribution in [3.05, 3.63) is 65.2 Å². The molecule has 4 rings (SSSR count). The van der Waals surface area contributed by atoms with E-state index in [0.29, 0.717) is 12.0 Å². The van der Waals surface area contributed by atoms with Crippen molar-refractivity contribution in [1.29, 1.82) is 0 Å². The zero-order valence-corrected chi connectivity index (χ0v) is 16.8. The fraction of sp³-hybridized carbons (Fsp3) is 0.304. The van der Waals surface area contributed by atoms with E-state index in [1.807, 2.05) is 49.4 Å². The molecule has 3 aromatic rings. The lowest BCUT2D eigenvalue weighted by atomic mass is 9.96. The summed E-state index contributed by atoms with van der Waals surface area (Å²) in [5.74, 6) is 1.43. The summed E-state index contributed by atoms with van der Waals surface area (Å²) < 4.78 is 0. The maximum Gasteiger partial charge on any atom is 0.225 e. The zero-order valence-electron chi connectivity index (χ0n) is 16.1. The van der Waals surface area contributed by atoms with E-state index in [9.17, 15) is 0 Å². The lowest BCUT2D eigenvalue weighted by molar-refractivity contribution is 0.461. The molecule has 4 nitrogen and oxygen atoms in total. The highest BCUT2D eigenvalue weighted by Gasteiger charge is 2.15. The minimum Gasteiger partial charge on any atom is -0.351 e. The Morgan fingerprint density at radius 1 is 0.929 bits per heavy atom. The largest absolute Gasteiger partial charge is 0.351 e. The summed E-state index contributed by atoms with van der Waals surface area (Å²) in [5, 5.41) is 7.67. The standard InChI is InChI=1S/C23H25ClN4/c1-16-12-13-19(14-20(16)24)25-22-15-21(17-8-4-2-5-9-17)27-23(28-22)26-18-10-6-3-7-11-18/h2,4-5,8-9,12-15,18H,3,6-7,10-11H2,1H3,(H2,25,26,27,28). The fourth-order valence-corrected chi connectivity index (χ4v) is 3.76. The lowest BCUT2D eigenvalue weighted by Crippen LogP contribution is -2.23. The van der Waals surface area contributed by atoms with E-state index in [4.69, 9.17) is 21.6 Å². The molecule has 5 heteroatoms. The van der Waals surface area contributed by atoms with Crippen LogP contribution < -0.4 is 10.6 Å². The second-order valence-electron chi connectivity index (χ2n) is 7.40. The summed E-state index contributed by atoms with van der Waals surface area (Å²) >= 11 is 6.28. The van der Waals surface area contributed by atoms with Crippen LogP contribution in [0.5, 0.6) is 0 Å². The number of nitrogens with one attached hydrogen (secondary N) is 2. The van der Waals surface area contributed by atoms with Crippen LogP contribution in [-0.4, -0.2) is 16.0 Å². The van der Waals surface area contributed by atoms with Gasteiger partial charge in [-0.3, -0.25) is 0 Å². The number of benzene rings is 2. The molecule has 2 N–H and O–H groups in total. The summed E-state index contributed by atoms with van der Waals surface area (Å²) in [6.07, 6.45) is 6.21. The Bertz CT molecular complexity index is 937. The van der Waals surface area contributed by atoms with Crippen LogP contribution in [0.2, 0.25) is 5.02 Å². The van der Waals surface area contributed by atoms with Gasteiger partial charge < -0.3 is 10.6 Å². The van der Waals surface area contributed by atoms with Crippen molar-refractivity contribution in [2.45, 2.75) is 45.1 Å². The SMILES string of the molecule is Cc1ccc(Nc2cc(-c3ccccc3)nc(NC3CCCCC3)n2)cc1Cl. The third kappa shape index (κ3) is 4.63. The van der Waals surface area contributed by atoms with E-state index in [-0.39, 0.29) is 0 Å². The number of anilines is 3. The maximum absolute atomic E-state index is 6.28. The number of halogens is 1. The molecule has 0 atom stereocenters. The molecule has 1 saturated carbocycles. The van der Waals surface area contributed by atoms with Crippen molar-refractivity contribution >= 4 is 29.1 Å². The molecule has 0 spiro atoms. The van der Waals surface area contributed by atoms with Gasteiger partial charge in [-0.15, -0.1) is 0 Å². The van der Waals surface area contributed by atoms with Gasteiger partial charge in [0.1, 0.15) is 5.82 Å². The average molecular weight is 393 g/mol. The van der Waals surface area contributed by atoms with Gasteiger partial charge in [-0.1, -0.05) is 67.3 Å². The Hall–Kier alpha value is -2.59. The Morgan fingerprint density at radius 3 is 2.46 bits per heavy atom. The molecule has 1 aliphatic rings. The molecule has 0 amide bonds. The Balaban J connectivity index is 1.65. The van der Waals surface area contributed by atoms with E-state index in [0.717, 1.165) is 33.3 Å². The van der Waals surface area contributed by atoms with E-state index >= 15 is 0 Å². The van der Waals surface area contributed by atoms with Gasteiger partial charge in [-0.2, -0.15) is 4.98 Å². The number of rotatable bonds is 5. The van der Waals surface area contributed by atoms with Crippen LogP contribution in [0, 0.1) is 6.92 Å². The highest BCUT2D eigenvalue weighted by atomic mass is 35.5. The van der Waals surface area contributed by atoms with Crippen LogP contribution >= 0.6 is 11.6 Å². The monoisotopic (exact) mass is 392 g/mol. The number of nitrogens with zero attached hydrogens (tertiary/aromatic N) is 2. The normalized spacial score (nSPS) is 14.6. The molecule has 1 aromatic heterocycles. The summed E-state index contributed by atoms with van der Waals surface area (Å²) in [6.45, 7) is 2.00. The molecule has 1 heterocycles. The van der Waals surface area contributed by atoms with Crippen molar-refractivity contribution in [2.24, 2.45) is 0 Å². The van der Waals surface area contributed by atoms with Crippen LogP contribution in [0.15, 0.2) is 54.6 Å². The predicted molar refractivity (Wildman–Crippen MR) is 117 cm³/mol. The van der Waals surface area contributed by atoms with Gasteiger partial charge in [0.25, 0.3) is 0 Å². The highest BCUT2D eigenvalue weighted by Crippen LogP contribution is 2.27. The first-order valence-corrected chi connectivity index (χ1v) is 10.3. The Kier molecular flexibility index (Phi) is 5.77. The van der Waals surface area contributed by atoms with E-state index in [1.165, 1.54) is 32.1 Å². The molecule has 1 fully saturated rings. The lowest BCUT2D eigenvalue weighted by Gasteiger charge is -2.23. The molecule has 144 valence electrons. The van der Waals surface area contributed by atoms with Gasteiger partial charge in [-0.25, -0.2) is 4.98 Å². The number of hydrogen-bond acceptors (Lipinski definition) is 4. The first kappa shape index (κ1) is 18.8. The first-order valence-electron chi connectivity index (χ1n) is 9.91. The molecule has 2 aromatic carbocycles. The number of aryl methyl sites for hydroxylation is 1. The fourth-order valence-electron chi connectivity index (χ4n) is 3.58. The molecule has 0 radical (unpaired) electrons. The van der Waals surface area contributed by atoms with Crippen molar-refractivity contribution < 1.29 is 0 Å². The summed E-state index contributed by atoms with van der Waals surface area (Å²) in [5.41, 5.74) is 3.94. The van der Waals surface area contributed by atoms with Crippen LogP contribution in [0.4, 0.5) is 17.5 Å². The highest BCUT2D eigenvalue weighted by molar-refractivity contribution is 6.31. The number of hydrogen-bond donors (Lipinski definition) is 2. The Morgan fingerprint density at radius 2 is 1.71 bits per heavy atom. The first-order chi connectivity index (χ1) is 13.7. The molecule has 0 unspecified atom stereocenters. The third-order valence-corrected chi connectivity index (χ3v) is 5.59. The molecule has 28 heavy (non-hydrogen) atoms. The molecular weight excluding hydrogens is 368 g/mol. The minimum atomic E-state index is 0.446. The summed E-state index contributed by atoms with van der Waals surface area (Å²) in [6, 6.07) is 18.6. The topological polar surface area (TPSA) is 49.8 Å². The second kappa shape index (κ2) is 8.61. The minimum absolute atomic E-state index is 0.446. The smallest absolute Gasteiger partial charge is 0.225 e. The van der Waals surface area contributed by atoms with Crippen molar-refractivity contribution in [3.8, 4) is 11.3 Å². The molecule has 0 saturated heterocycles. The predicted octanol–water partition coefficient (Wildman–Crippen LogP) is 6.59. The van der Waals surface area contributed by atoms with Crippen LogP contribution in [0.3, 0.4) is 0 Å². The van der Waals surface area contributed by atoms with Gasteiger partial charge in [0, 0.05) is 28.4 Å². The Labute approximate surface area is 171 Å². The van der Waals surface area contributed by atoms with Crippen LogP contribution in [0.1, 0.15) is 37.7 Å². The third-order valence-electron chi connectivity index (χ3n) is 5.18. The quantitative estimate of drug-likeness (QED) is 0.514. The zero-order chi connectivity index (χ0) is 19.3. The van der Waals surface area contributed by atoms with E-state index in [1.54, 1.807) is 0 Å². The van der Waals surface area contributed by atoms with Gasteiger partial charge in [0.05, 0.1) is 5.69 Å². The maximum atomic E-state index is 6.28. The van der Waals surface area contributed by atoms with E-state index in [2.05, 4.69) is 22.8 Å². The van der Waals surface area contributed by atoms with E-state index < -0.39 is 0 Å². The van der Waals surface area contributed by atoms with Gasteiger partial charge in [0.15, 0.2) is 0 Å². The van der Waals surface area contributed by atoms with Gasteiger partial charge in [0.2, 0.25) is 5.95 Å². The van der Waals surface area contributed by atoms with Gasteiger partial charge in [-0.05, 0) is 37.5 Å². The van der Waals surface area contributed by atoms with Crippen molar-refractivity contribution in [2.75, 3.05) is 10.6 Å². The molecule has 0 aliphatic heterocycles. The molecular formula is C23H25ClN4. The summed E-state index contributed by atoms with van der Waals surface area (Å²) in [7, 11) is 0. The second-order valence-corrected chi connectivity index (χ2v) is 7.80. The van der Waals surface area contributed by atoms with Crippen LogP contribution in [0.25, 0.3) is 11.3 Å². The van der Waals surface area contributed by atoms with Crippen molar-refractivity contribution in [3.63, 3.8) is 0 Å². The van der Waals surface area contributed by atoms with Gasteiger partial charge >= 0.3 is 0 Å². The molecule has 0 bridgehead atoms.